The quantitative estimate of drug-likeness (QED) is 0.757. The molecule has 2 aromatic rings. The van der Waals surface area contributed by atoms with Gasteiger partial charge in [-0.25, -0.2) is 0 Å². The summed E-state index contributed by atoms with van der Waals surface area (Å²) in [6.45, 7) is 4.68. The lowest BCUT2D eigenvalue weighted by Gasteiger charge is -2.29. The minimum absolute atomic E-state index is 0.0283. The molecule has 0 spiro atoms. The minimum atomic E-state index is -0.0384. The van der Waals surface area contributed by atoms with E-state index in [1.165, 1.54) is 0 Å². The highest BCUT2D eigenvalue weighted by molar-refractivity contribution is 5.92. The monoisotopic (exact) mass is 319 g/mol. The van der Waals surface area contributed by atoms with Gasteiger partial charge in [0.15, 0.2) is 0 Å². The van der Waals surface area contributed by atoms with Crippen LogP contribution >= 0.6 is 0 Å². The second-order valence-electron chi connectivity index (χ2n) is 5.40. The Hall–Kier alpha value is -2.93. The van der Waals surface area contributed by atoms with Gasteiger partial charge < -0.3 is 4.90 Å². The van der Waals surface area contributed by atoms with E-state index in [1.807, 2.05) is 36.1 Å². The summed E-state index contributed by atoms with van der Waals surface area (Å²) in [6.07, 6.45) is 7.66. The molecule has 0 aliphatic heterocycles. The van der Waals surface area contributed by atoms with E-state index < -0.39 is 0 Å². The second-order valence-corrected chi connectivity index (χ2v) is 5.40. The average molecular weight is 319 g/mol. The molecule has 0 radical (unpaired) electrons. The molecule has 1 atom stereocenters. The normalized spacial score (nSPS) is 11.9. The van der Waals surface area contributed by atoms with Gasteiger partial charge in [0.25, 0.3) is 0 Å². The van der Waals surface area contributed by atoms with Gasteiger partial charge in [-0.1, -0.05) is 19.1 Å². The second kappa shape index (κ2) is 8.64. The zero-order valence-corrected chi connectivity index (χ0v) is 14.0. The summed E-state index contributed by atoms with van der Waals surface area (Å²) < 4.78 is 0. The van der Waals surface area contributed by atoms with Crippen molar-refractivity contribution in [3.63, 3.8) is 0 Å². The first-order valence-corrected chi connectivity index (χ1v) is 8.08. The van der Waals surface area contributed by atoms with Crippen LogP contribution in [-0.2, 0) is 4.79 Å². The molecule has 1 heterocycles. The molecule has 0 saturated carbocycles. The van der Waals surface area contributed by atoms with Crippen molar-refractivity contribution in [1.29, 1.82) is 5.26 Å². The number of pyridine rings is 1. The van der Waals surface area contributed by atoms with Crippen molar-refractivity contribution in [2.45, 2.75) is 26.3 Å². The van der Waals surface area contributed by atoms with Crippen LogP contribution in [0.25, 0.3) is 6.08 Å². The summed E-state index contributed by atoms with van der Waals surface area (Å²) in [4.78, 5) is 18.5. The van der Waals surface area contributed by atoms with Crippen molar-refractivity contribution < 1.29 is 4.79 Å². The molecule has 122 valence electrons. The number of carbonyl (C=O) groups is 1. The summed E-state index contributed by atoms with van der Waals surface area (Å²) in [5.74, 6) is -0.0384. The maximum absolute atomic E-state index is 12.6. The summed E-state index contributed by atoms with van der Waals surface area (Å²) in [5.41, 5.74) is 2.51. The van der Waals surface area contributed by atoms with Crippen LogP contribution in [0.2, 0.25) is 0 Å². The lowest BCUT2D eigenvalue weighted by Crippen LogP contribution is -2.33. The zero-order valence-electron chi connectivity index (χ0n) is 14.0. The third kappa shape index (κ3) is 4.30. The number of carbonyl (C=O) groups excluding carboxylic acids is 1. The van der Waals surface area contributed by atoms with Crippen LogP contribution in [0.3, 0.4) is 0 Å². The zero-order chi connectivity index (χ0) is 17.4. The molecule has 1 aromatic heterocycles. The molecule has 4 nitrogen and oxygen atoms in total. The number of amides is 1. The number of hydrogen-bond acceptors (Lipinski definition) is 3. The highest BCUT2D eigenvalue weighted by Crippen LogP contribution is 2.24. The Labute approximate surface area is 143 Å². The molecule has 2 rings (SSSR count). The van der Waals surface area contributed by atoms with Gasteiger partial charge in [0.2, 0.25) is 5.91 Å². The Balaban J connectivity index is 2.18. The first kappa shape index (κ1) is 17.4. The number of nitriles is 1. The largest absolute Gasteiger partial charge is 0.332 e. The molecular formula is C20H21N3O. The van der Waals surface area contributed by atoms with Crippen molar-refractivity contribution in [3.8, 4) is 6.07 Å². The minimum Gasteiger partial charge on any atom is -0.332 e. The van der Waals surface area contributed by atoms with E-state index in [-0.39, 0.29) is 11.9 Å². The molecule has 0 fully saturated rings. The topological polar surface area (TPSA) is 57.0 Å². The van der Waals surface area contributed by atoms with E-state index in [4.69, 9.17) is 5.26 Å². The van der Waals surface area contributed by atoms with Gasteiger partial charge in [0, 0.05) is 25.0 Å². The number of rotatable bonds is 6. The number of nitrogens with zero attached hydrogens (tertiary/aromatic N) is 3. The van der Waals surface area contributed by atoms with E-state index in [0.29, 0.717) is 12.1 Å². The van der Waals surface area contributed by atoms with Gasteiger partial charge in [-0.05, 0) is 54.8 Å². The van der Waals surface area contributed by atoms with Crippen LogP contribution in [-0.4, -0.2) is 22.3 Å². The molecule has 0 bridgehead atoms. The first-order chi connectivity index (χ1) is 11.7. The fraction of sp³-hybridized carbons (Fsp3) is 0.250. The molecule has 1 aromatic carbocycles. The summed E-state index contributed by atoms with van der Waals surface area (Å²) in [5, 5.41) is 8.94. The Morgan fingerprint density at radius 2 is 2.04 bits per heavy atom. The van der Waals surface area contributed by atoms with Crippen molar-refractivity contribution >= 4 is 12.0 Å². The van der Waals surface area contributed by atoms with Crippen molar-refractivity contribution in [1.82, 2.24) is 9.88 Å². The van der Waals surface area contributed by atoms with Crippen molar-refractivity contribution in [3.05, 3.63) is 71.6 Å². The number of aromatic nitrogens is 1. The van der Waals surface area contributed by atoms with Gasteiger partial charge in [0.05, 0.1) is 17.7 Å². The fourth-order valence-corrected chi connectivity index (χ4v) is 2.73. The smallest absolute Gasteiger partial charge is 0.247 e. The van der Waals surface area contributed by atoms with Gasteiger partial charge in [-0.15, -0.1) is 0 Å². The van der Waals surface area contributed by atoms with Gasteiger partial charge in [-0.3, -0.25) is 9.78 Å². The Morgan fingerprint density at radius 1 is 1.29 bits per heavy atom. The maximum Gasteiger partial charge on any atom is 0.247 e. The summed E-state index contributed by atoms with van der Waals surface area (Å²) >= 11 is 0. The predicted octanol–water partition coefficient (Wildman–Crippen LogP) is 3.97. The van der Waals surface area contributed by atoms with Crippen molar-refractivity contribution in [2.75, 3.05) is 6.54 Å². The van der Waals surface area contributed by atoms with Gasteiger partial charge in [0.1, 0.15) is 0 Å². The molecular weight excluding hydrogens is 298 g/mol. The third-order valence-corrected chi connectivity index (χ3v) is 3.91. The molecule has 1 unspecified atom stereocenters. The van der Waals surface area contributed by atoms with Crippen LogP contribution in [0.1, 0.15) is 43.0 Å². The first-order valence-electron chi connectivity index (χ1n) is 8.08. The van der Waals surface area contributed by atoms with Gasteiger partial charge in [-0.2, -0.15) is 5.26 Å². The highest BCUT2D eigenvalue weighted by atomic mass is 16.2. The van der Waals surface area contributed by atoms with Crippen LogP contribution in [0.4, 0.5) is 0 Å². The molecule has 0 saturated heterocycles. The Morgan fingerprint density at radius 3 is 2.67 bits per heavy atom. The van der Waals surface area contributed by atoms with Crippen molar-refractivity contribution in [2.24, 2.45) is 0 Å². The predicted molar refractivity (Wildman–Crippen MR) is 94.8 cm³/mol. The standard InChI is InChI=1S/C20H21N3O/c1-3-19(18-10-12-22-13-11-18)23(4-2)20(24)9-8-16-6-5-7-17(14-16)15-21/h5-14,19H,3-4H2,1-2H3. The third-order valence-electron chi connectivity index (χ3n) is 3.91. The molecule has 0 aliphatic rings. The number of hydrogen-bond donors (Lipinski definition) is 0. The molecule has 1 amide bonds. The fourth-order valence-electron chi connectivity index (χ4n) is 2.73. The molecule has 4 heteroatoms. The Bertz CT molecular complexity index is 747. The van der Waals surface area contributed by atoms with Crippen LogP contribution in [0, 0.1) is 11.3 Å². The van der Waals surface area contributed by atoms with E-state index >= 15 is 0 Å². The highest BCUT2D eigenvalue weighted by Gasteiger charge is 2.20. The van der Waals surface area contributed by atoms with E-state index in [0.717, 1.165) is 17.5 Å². The van der Waals surface area contributed by atoms with E-state index in [1.54, 1.807) is 36.7 Å². The average Bonchev–Trinajstić information content (AvgIpc) is 2.64. The number of likely N-dealkylation sites (N-methyl/N-ethyl adjacent to an activating group) is 1. The maximum atomic E-state index is 12.6. The van der Waals surface area contributed by atoms with Crippen LogP contribution in [0.15, 0.2) is 54.9 Å². The number of benzene rings is 1. The molecule has 0 N–H and O–H groups in total. The lowest BCUT2D eigenvalue weighted by atomic mass is 10.0. The van der Waals surface area contributed by atoms with E-state index in [9.17, 15) is 4.79 Å². The van der Waals surface area contributed by atoms with Crippen LogP contribution in [0.5, 0.6) is 0 Å². The summed E-state index contributed by atoms with van der Waals surface area (Å²) in [6, 6.07) is 13.2. The van der Waals surface area contributed by atoms with E-state index in [2.05, 4.69) is 18.0 Å². The summed E-state index contributed by atoms with van der Waals surface area (Å²) in [7, 11) is 0. The lowest BCUT2D eigenvalue weighted by molar-refractivity contribution is -0.128. The SMILES string of the molecule is CCC(c1ccncc1)N(CC)C(=O)C=Cc1cccc(C#N)c1. The Kier molecular flexibility index (Phi) is 6.27. The molecule has 0 aliphatic carbocycles. The molecule has 24 heavy (non-hydrogen) atoms. The van der Waals surface area contributed by atoms with Gasteiger partial charge >= 0.3 is 0 Å². The van der Waals surface area contributed by atoms with Crippen LogP contribution < -0.4 is 0 Å².